The SMILES string of the molecule is COC(=O)c1c(Nc2ccc(Cl)c(C(F)(F)F)c2)c2ccccc2n1C. The number of halogens is 4. The van der Waals surface area contributed by atoms with Crippen LogP contribution in [0.15, 0.2) is 42.5 Å². The molecule has 0 bridgehead atoms. The van der Waals surface area contributed by atoms with Gasteiger partial charge in [-0.05, 0) is 24.3 Å². The fraction of sp³-hybridized carbons (Fsp3) is 0.167. The Morgan fingerprint density at radius 1 is 1.19 bits per heavy atom. The van der Waals surface area contributed by atoms with Crippen LogP contribution in [0.1, 0.15) is 16.1 Å². The molecule has 1 aromatic heterocycles. The molecule has 136 valence electrons. The summed E-state index contributed by atoms with van der Waals surface area (Å²) in [7, 11) is 2.93. The normalized spacial score (nSPS) is 11.6. The van der Waals surface area contributed by atoms with Crippen LogP contribution in [0.2, 0.25) is 5.02 Å². The molecule has 0 saturated carbocycles. The second kappa shape index (κ2) is 6.57. The number of alkyl halides is 3. The Morgan fingerprint density at radius 2 is 1.88 bits per heavy atom. The zero-order valence-electron chi connectivity index (χ0n) is 13.8. The second-order valence-electron chi connectivity index (χ2n) is 5.61. The third kappa shape index (κ3) is 3.10. The van der Waals surface area contributed by atoms with Gasteiger partial charge in [-0.15, -0.1) is 0 Å². The van der Waals surface area contributed by atoms with Crippen LogP contribution in [-0.2, 0) is 18.0 Å². The molecule has 0 unspecified atom stereocenters. The number of aromatic nitrogens is 1. The Labute approximate surface area is 152 Å². The molecular formula is C18H14ClF3N2O2. The fourth-order valence-corrected chi connectivity index (χ4v) is 3.04. The highest BCUT2D eigenvalue weighted by Crippen LogP contribution is 2.38. The molecule has 26 heavy (non-hydrogen) atoms. The van der Waals surface area contributed by atoms with E-state index in [1.165, 1.54) is 13.2 Å². The highest BCUT2D eigenvalue weighted by molar-refractivity contribution is 6.31. The van der Waals surface area contributed by atoms with E-state index in [0.717, 1.165) is 17.6 Å². The predicted octanol–water partition coefficient (Wildman–Crippen LogP) is 5.38. The van der Waals surface area contributed by atoms with Crippen LogP contribution in [0.5, 0.6) is 0 Å². The largest absolute Gasteiger partial charge is 0.464 e. The Hall–Kier alpha value is -2.67. The van der Waals surface area contributed by atoms with E-state index in [4.69, 9.17) is 16.3 Å². The van der Waals surface area contributed by atoms with Gasteiger partial charge >= 0.3 is 12.1 Å². The number of rotatable bonds is 3. The molecule has 1 heterocycles. The average molecular weight is 383 g/mol. The molecule has 3 aromatic rings. The van der Waals surface area contributed by atoms with Crippen molar-refractivity contribution in [2.24, 2.45) is 7.05 Å². The molecule has 0 aliphatic heterocycles. The van der Waals surface area contributed by atoms with Gasteiger partial charge in [0.25, 0.3) is 0 Å². The Kier molecular flexibility index (Phi) is 4.58. The molecule has 0 fully saturated rings. The minimum atomic E-state index is -4.58. The lowest BCUT2D eigenvalue weighted by Gasteiger charge is -2.13. The van der Waals surface area contributed by atoms with Gasteiger partial charge in [0, 0.05) is 18.1 Å². The minimum absolute atomic E-state index is 0.156. The maximum absolute atomic E-state index is 13.1. The molecule has 4 nitrogen and oxygen atoms in total. The van der Waals surface area contributed by atoms with Crippen molar-refractivity contribution in [3.8, 4) is 0 Å². The van der Waals surface area contributed by atoms with Gasteiger partial charge in [0.1, 0.15) is 0 Å². The number of hydrogen-bond acceptors (Lipinski definition) is 3. The molecule has 2 aromatic carbocycles. The van der Waals surface area contributed by atoms with Crippen LogP contribution in [0, 0.1) is 0 Å². The zero-order chi connectivity index (χ0) is 19.1. The third-order valence-corrected chi connectivity index (χ3v) is 4.36. The predicted molar refractivity (Wildman–Crippen MR) is 94.0 cm³/mol. The van der Waals surface area contributed by atoms with Gasteiger partial charge in [0.05, 0.1) is 28.9 Å². The van der Waals surface area contributed by atoms with Gasteiger partial charge < -0.3 is 14.6 Å². The summed E-state index contributed by atoms with van der Waals surface area (Å²) >= 11 is 5.66. The average Bonchev–Trinajstić information content (AvgIpc) is 2.87. The standard InChI is InChI=1S/C18H14ClF3N2O2/c1-24-14-6-4-3-5-11(14)15(16(24)17(25)26-2)23-10-7-8-13(19)12(9-10)18(20,21)22/h3-9,23H,1-2H3. The highest BCUT2D eigenvalue weighted by Gasteiger charge is 2.33. The Morgan fingerprint density at radius 3 is 2.54 bits per heavy atom. The van der Waals surface area contributed by atoms with Gasteiger partial charge in [-0.1, -0.05) is 29.8 Å². The van der Waals surface area contributed by atoms with Gasteiger partial charge in [-0.2, -0.15) is 13.2 Å². The topological polar surface area (TPSA) is 43.3 Å². The summed E-state index contributed by atoms with van der Waals surface area (Å²) in [6.07, 6.45) is -4.58. The summed E-state index contributed by atoms with van der Waals surface area (Å²) in [5, 5.41) is 3.20. The van der Waals surface area contributed by atoms with E-state index in [-0.39, 0.29) is 11.4 Å². The van der Waals surface area contributed by atoms with E-state index in [0.29, 0.717) is 11.1 Å². The van der Waals surface area contributed by atoms with Crippen molar-refractivity contribution in [1.29, 1.82) is 0 Å². The quantitative estimate of drug-likeness (QED) is 0.618. The van der Waals surface area contributed by atoms with Gasteiger partial charge in [0.15, 0.2) is 5.69 Å². The Balaban J connectivity index is 2.17. The molecule has 0 saturated heterocycles. The van der Waals surface area contributed by atoms with Crippen LogP contribution in [0.4, 0.5) is 24.5 Å². The molecular weight excluding hydrogens is 369 g/mol. The van der Waals surface area contributed by atoms with Crippen molar-refractivity contribution < 1.29 is 22.7 Å². The van der Waals surface area contributed by atoms with Crippen molar-refractivity contribution in [2.45, 2.75) is 6.18 Å². The van der Waals surface area contributed by atoms with Crippen molar-refractivity contribution in [3.63, 3.8) is 0 Å². The van der Waals surface area contributed by atoms with Gasteiger partial charge in [-0.25, -0.2) is 4.79 Å². The molecule has 3 rings (SSSR count). The number of fused-ring (bicyclic) bond motifs is 1. The maximum Gasteiger partial charge on any atom is 0.417 e. The summed E-state index contributed by atoms with van der Waals surface area (Å²) in [6.45, 7) is 0. The van der Waals surface area contributed by atoms with Crippen LogP contribution in [-0.4, -0.2) is 17.6 Å². The number of carbonyl (C=O) groups excluding carboxylic acids is 1. The molecule has 0 radical (unpaired) electrons. The van der Waals surface area contributed by atoms with Crippen molar-refractivity contribution in [1.82, 2.24) is 4.57 Å². The summed E-state index contributed by atoms with van der Waals surface area (Å²) in [6, 6.07) is 10.6. The van der Waals surface area contributed by atoms with E-state index in [1.807, 2.05) is 0 Å². The van der Waals surface area contributed by atoms with Crippen molar-refractivity contribution in [3.05, 3.63) is 58.7 Å². The van der Waals surface area contributed by atoms with E-state index < -0.39 is 22.7 Å². The number of aryl methyl sites for hydroxylation is 1. The first-order chi connectivity index (χ1) is 12.2. The number of methoxy groups -OCH3 is 1. The van der Waals surface area contributed by atoms with E-state index in [1.54, 1.807) is 35.9 Å². The number of hydrogen-bond donors (Lipinski definition) is 1. The molecule has 0 aliphatic rings. The number of nitrogens with one attached hydrogen (secondary N) is 1. The summed E-state index contributed by atoms with van der Waals surface area (Å²) in [5.74, 6) is -0.601. The van der Waals surface area contributed by atoms with E-state index in [2.05, 4.69) is 5.32 Å². The molecule has 0 aliphatic carbocycles. The van der Waals surface area contributed by atoms with E-state index >= 15 is 0 Å². The summed E-state index contributed by atoms with van der Waals surface area (Å²) < 4.78 is 45.7. The molecule has 8 heteroatoms. The van der Waals surface area contributed by atoms with Crippen LogP contribution in [0.25, 0.3) is 10.9 Å². The number of anilines is 2. The lowest BCUT2D eigenvalue weighted by molar-refractivity contribution is -0.137. The minimum Gasteiger partial charge on any atom is -0.464 e. The first-order valence-corrected chi connectivity index (χ1v) is 7.91. The number of ether oxygens (including phenoxy) is 1. The number of benzene rings is 2. The Bertz CT molecular complexity index is 996. The lowest BCUT2D eigenvalue weighted by atomic mass is 10.1. The maximum atomic E-state index is 13.1. The van der Waals surface area contributed by atoms with Gasteiger partial charge in [0.2, 0.25) is 0 Å². The second-order valence-corrected chi connectivity index (χ2v) is 6.02. The van der Waals surface area contributed by atoms with Crippen LogP contribution in [0.3, 0.4) is 0 Å². The molecule has 1 N–H and O–H groups in total. The number of carbonyl (C=O) groups is 1. The number of esters is 1. The molecule has 0 atom stereocenters. The first kappa shape index (κ1) is 18.1. The van der Waals surface area contributed by atoms with E-state index in [9.17, 15) is 18.0 Å². The summed E-state index contributed by atoms with van der Waals surface area (Å²) in [5.41, 5.74) is 0.510. The van der Waals surface area contributed by atoms with Crippen molar-refractivity contribution >= 4 is 39.8 Å². The van der Waals surface area contributed by atoms with Gasteiger partial charge in [-0.3, -0.25) is 0 Å². The molecule has 0 spiro atoms. The zero-order valence-corrected chi connectivity index (χ0v) is 14.6. The fourth-order valence-electron chi connectivity index (χ4n) is 2.82. The number of nitrogens with zero attached hydrogens (tertiary/aromatic N) is 1. The smallest absolute Gasteiger partial charge is 0.417 e. The van der Waals surface area contributed by atoms with Crippen LogP contribution < -0.4 is 5.32 Å². The highest BCUT2D eigenvalue weighted by atomic mass is 35.5. The lowest BCUT2D eigenvalue weighted by Crippen LogP contribution is -2.10. The number of para-hydroxylation sites is 1. The monoisotopic (exact) mass is 382 g/mol. The van der Waals surface area contributed by atoms with Crippen LogP contribution >= 0.6 is 11.6 Å². The van der Waals surface area contributed by atoms with Crippen molar-refractivity contribution in [2.75, 3.05) is 12.4 Å². The molecule has 0 amide bonds. The third-order valence-electron chi connectivity index (χ3n) is 4.03. The summed E-state index contributed by atoms with van der Waals surface area (Å²) in [4.78, 5) is 12.2. The first-order valence-electron chi connectivity index (χ1n) is 7.53.